The first-order valence-electron chi connectivity index (χ1n) is 6.41. The molecule has 0 saturated heterocycles. The van der Waals surface area contributed by atoms with Crippen LogP contribution in [0.25, 0.3) is 11.0 Å². The van der Waals surface area contributed by atoms with E-state index in [2.05, 4.69) is 27.9 Å². The van der Waals surface area contributed by atoms with E-state index in [0.717, 1.165) is 36.2 Å². The summed E-state index contributed by atoms with van der Waals surface area (Å²) < 4.78 is 2.22. The molecule has 1 heterocycles. The highest BCUT2D eigenvalue weighted by Crippen LogP contribution is 2.17. The van der Waals surface area contributed by atoms with Crippen LogP contribution in [0.15, 0.2) is 24.3 Å². The number of aryl methyl sites for hydroxylation is 2. The Morgan fingerprint density at radius 1 is 1.39 bits per heavy atom. The fourth-order valence-electron chi connectivity index (χ4n) is 2.17. The summed E-state index contributed by atoms with van der Waals surface area (Å²) in [5.41, 5.74) is 2.19. The van der Waals surface area contributed by atoms with E-state index in [1.807, 2.05) is 18.2 Å². The van der Waals surface area contributed by atoms with E-state index in [9.17, 15) is 4.79 Å². The van der Waals surface area contributed by atoms with Crippen LogP contribution in [0, 0.1) is 0 Å². The van der Waals surface area contributed by atoms with E-state index in [1.165, 1.54) is 0 Å². The Hall–Kier alpha value is -1.84. The predicted octanol–water partition coefficient (Wildman–Crippen LogP) is 2.12. The number of hydrogen-bond acceptors (Lipinski definition) is 2. The fraction of sp³-hybridized carbons (Fsp3) is 0.429. The third kappa shape index (κ3) is 2.53. The summed E-state index contributed by atoms with van der Waals surface area (Å²) in [5, 5.41) is 2.65. The van der Waals surface area contributed by atoms with Crippen molar-refractivity contribution in [2.75, 3.05) is 7.05 Å². The largest absolute Gasteiger partial charge is 0.359 e. The second kappa shape index (κ2) is 5.67. The number of para-hydroxylation sites is 2. The van der Waals surface area contributed by atoms with Gasteiger partial charge in [0.15, 0.2) is 0 Å². The summed E-state index contributed by atoms with van der Waals surface area (Å²) in [4.78, 5) is 15.8. The summed E-state index contributed by atoms with van der Waals surface area (Å²) in [6.07, 6.45) is 2.31. The average Bonchev–Trinajstić information content (AvgIpc) is 2.77. The molecular weight excluding hydrogens is 226 g/mol. The maximum atomic E-state index is 11.2. The SMILES string of the molecule is CCc1nc2ccccc2n1CCCC(=O)NC. The third-order valence-electron chi connectivity index (χ3n) is 3.11. The van der Waals surface area contributed by atoms with Crippen LogP contribution in [0.3, 0.4) is 0 Å². The predicted molar refractivity (Wildman–Crippen MR) is 72.4 cm³/mol. The molecule has 1 N–H and O–H groups in total. The number of carbonyl (C=O) groups is 1. The lowest BCUT2D eigenvalue weighted by Crippen LogP contribution is -2.18. The van der Waals surface area contributed by atoms with Gasteiger partial charge < -0.3 is 9.88 Å². The zero-order valence-corrected chi connectivity index (χ0v) is 10.9. The molecule has 0 bridgehead atoms. The molecule has 0 aliphatic carbocycles. The van der Waals surface area contributed by atoms with Crippen LogP contribution < -0.4 is 5.32 Å². The minimum absolute atomic E-state index is 0.0949. The molecule has 0 atom stereocenters. The number of nitrogens with zero attached hydrogens (tertiary/aromatic N) is 2. The smallest absolute Gasteiger partial charge is 0.219 e. The van der Waals surface area contributed by atoms with Gasteiger partial charge in [0, 0.05) is 26.4 Å². The second-order valence-electron chi connectivity index (χ2n) is 4.30. The van der Waals surface area contributed by atoms with Crippen molar-refractivity contribution in [3.05, 3.63) is 30.1 Å². The van der Waals surface area contributed by atoms with Crippen LogP contribution in [-0.4, -0.2) is 22.5 Å². The van der Waals surface area contributed by atoms with Crippen molar-refractivity contribution < 1.29 is 4.79 Å². The number of nitrogens with one attached hydrogen (secondary N) is 1. The summed E-state index contributed by atoms with van der Waals surface area (Å²) in [6.45, 7) is 2.95. The molecule has 2 aromatic rings. The fourth-order valence-corrected chi connectivity index (χ4v) is 2.17. The van der Waals surface area contributed by atoms with Crippen molar-refractivity contribution >= 4 is 16.9 Å². The number of amides is 1. The van der Waals surface area contributed by atoms with Crippen LogP contribution in [0.5, 0.6) is 0 Å². The van der Waals surface area contributed by atoms with E-state index in [-0.39, 0.29) is 5.91 Å². The molecule has 0 fully saturated rings. The Labute approximate surface area is 107 Å². The van der Waals surface area contributed by atoms with Gasteiger partial charge in [0.1, 0.15) is 5.82 Å². The zero-order valence-electron chi connectivity index (χ0n) is 10.9. The summed E-state index contributed by atoms with van der Waals surface area (Å²) in [5.74, 6) is 1.19. The maximum Gasteiger partial charge on any atom is 0.219 e. The molecule has 0 unspecified atom stereocenters. The lowest BCUT2D eigenvalue weighted by molar-refractivity contribution is -0.120. The van der Waals surface area contributed by atoms with Gasteiger partial charge in [0.05, 0.1) is 11.0 Å². The minimum Gasteiger partial charge on any atom is -0.359 e. The van der Waals surface area contributed by atoms with Gasteiger partial charge in [-0.15, -0.1) is 0 Å². The van der Waals surface area contributed by atoms with Crippen molar-refractivity contribution in [1.82, 2.24) is 14.9 Å². The Bertz CT molecular complexity index is 545. The van der Waals surface area contributed by atoms with Gasteiger partial charge in [0.2, 0.25) is 5.91 Å². The van der Waals surface area contributed by atoms with E-state index < -0.39 is 0 Å². The molecule has 4 heteroatoms. The van der Waals surface area contributed by atoms with Crippen LogP contribution in [0.2, 0.25) is 0 Å². The molecule has 1 aromatic carbocycles. The molecule has 18 heavy (non-hydrogen) atoms. The highest BCUT2D eigenvalue weighted by Gasteiger charge is 2.08. The van der Waals surface area contributed by atoms with E-state index in [4.69, 9.17) is 0 Å². The van der Waals surface area contributed by atoms with Gasteiger partial charge in [-0.3, -0.25) is 4.79 Å². The molecule has 0 spiro atoms. The van der Waals surface area contributed by atoms with Gasteiger partial charge in [-0.25, -0.2) is 4.98 Å². The monoisotopic (exact) mass is 245 g/mol. The van der Waals surface area contributed by atoms with E-state index in [0.29, 0.717) is 6.42 Å². The molecule has 0 saturated carbocycles. The van der Waals surface area contributed by atoms with Crippen molar-refractivity contribution in [3.8, 4) is 0 Å². The van der Waals surface area contributed by atoms with Crippen molar-refractivity contribution in [3.63, 3.8) is 0 Å². The quantitative estimate of drug-likeness (QED) is 0.877. The Morgan fingerprint density at radius 3 is 2.89 bits per heavy atom. The number of rotatable bonds is 5. The van der Waals surface area contributed by atoms with Gasteiger partial charge in [-0.1, -0.05) is 19.1 Å². The highest BCUT2D eigenvalue weighted by atomic mass is 16.1. The summed E-state index contributed by atoms with van der Waals surface area (Å²) in [7, 11) is 1.67. The van der Waals surface area contributed by atoms with Crippen molar-refractivity contribution in [1.29, 1.82) is 0 Å². The molecule has 1 amide bonds. The maximum absolute atomic E-state index is 11.2. The van der Waals surface area contributed by atoms with Crippen molar-refractivity contribution in [2.24, 2.45) is 0 Å². The Morgan fingerprint density at radius 2 is 2.17 bits per heavy atom. The topological polar surface area (TPSA) is 46.9 Å². The molecule has 4 nitrogen and oxygen atoms in total. The van der Waals surface area contributed by atoms with Gasteiger partial charge in [0.25, 0.3) is 0 Å². The third-order valence-corrected chi connectivity index (χ3v) is 3.11. The molecule has 2 rings (SSSR count). The minimum atomic E-state index is 0.0949. The van der Waals surface area contributed by atoms with Crippen LogP contribution in [0.4, 0.5) is 0 Å². The second-order valence-corrected chi connectivity index (χ2v) is 4.30. The summed E-state index contributed by atoms with van der Waals surface area (Å²) >= 11 is 0. The highest BCUT2D eigenvalue weighted by molar-refractivity contribution is 5.76. The van der Waals surface area contributed by atoms with E-state index in [1.54, 1.807) is 7.05 Å². The van der Waals surface area contributed by atoms with E-state index >= 15 is 0 Å². The molecule has 0 aliphatic heterocycles. The molecular formula is C14H19N3O. The number of aromatic nitrogens is 2. The first-order valence-corrected chi connectivity index (χ1v) is 6.41. The molecule has 96 valence electrons. The molecule has 0 radical (unpaired) electrons. The lowest BCUT2D eigenvalue weighted by Gasteiger charge is -2.07. The Kier molecular flexibility index (Phi) is 3.97. The molecule has 0 aliphatic rings. The van der Waals surface area contributed by atoms with Gasteiger partial charge >= 0.3 is 0 Å². The summed E-state index contributed by atoms with van der Waals surface area (Å²) in [6, 6.07) is 8.15. The van der Waals surface area contributed by atoms with Crippen LogP contribution >= 0.6 is 0 Å². The average molecular weight is 245 g/mol. The number of hydrogen-bond donors (Lipinski definition) is 1. The Balaban J connectivity index is 2.18. The standard InChI is InChI=1S/C14H19N3O/c1-3-13-16-11-7-4-5-8-12(11)17(13)10-6-9-14(18)15-2/h4-5,7-8H,3,6,9-10H2,1-2H3,(H,15,18). The number of benzene rings is 1. The normalized spacial score (nSPS) is 10.8. The first kappa shape index (κ1) is 12.6. The van der Waals surface area contributed by atoms with Crippen LogP contribution in [-0.2, 0) is 17.8 Å². The molecule has 1 aromatic heterocycles. The first-order chi connectivity index (χ1) is 8.76. The van der Waals surface area contributed by atoms with Crippen LogP contribution in [0.1, 0.15) is 25.6 Å². The van der Waals surface area contributed by atoms with Gasteiger partial charge in [-0.05, 0) is 18.6 Å². The zero-order chi connectivity index (χ0) is 13.0. The number of fused-ring (bicyclic) bond motifs is 1. The van der Waals surface area contributed by atoms with Crippen molar-refractivity contribution in [2.45, 2.75) is 32.7 Å². The number of carbonyl (C=O) groups excluding carboxylic acids is 1. The number of imidazole rings is 1. The lowest BCUT2D eigenvalue weighted by atomic mass is 10.2. The van der Waals surface area contributed by atoms with Gasteiger partial charge in [-0.2, -0.15) is 0 Å².